The van der Waals surface area contributed by atoms with Crippen LogP contribution in [0.25, 0.3) is 0 Å². The highest BCUT2D eigenvalue weighted by molar-refractivity contribution is 7.99. The Bertz CT molecular complexity index is 364. The second-order valence-corrected chi connectivity index (χ2v) is 6.08. The smallest absolute Gasteiger partial charge is 0.304 e. The second-order valence-electron chi connectivity index (χ2n) is 4.67. The zero-order valence-electron chi connectivity index (χ0n) is 9.84. The van der Waals surface area contributed by atoms with Crippen LogP contribution in [0.3, 0.4) is 0 Å². The molecular formula is C14H18O2S. The number of carbonyl (C=O) groups is 1. The summed E-state index contributed by atoms with van der Waals surface area (Å²) < 4.78 is 0. The minimum absolute atomic E-state index is 0.315. The molecule has 2 nitrogen and oxygen atoms in total. The maximum Gasteiger partial charge on any atom is 0.304 e. The van der Waals surface area contributed by atoms with E-state index in [9.17, 15) is 4.79 Å². The van der Waals surface area contributed by atoms with Gasteiger partial charge in [-0.3, -0.25) is 4.79 Å². The van der Waals surface area contributed by atoms with E-state index < -0.39 is 5.97 Å². The number of rotatable bonds is 4. The summed E-state index contributed by atoms with van der Waals surface area (Å²) in [6.45, 7) is 0. The van der Waals surface area contributed by atoms with Crippen LogP contribution < -0.4 is 0 Å². The SMILES string of the molecule is O=C(O)CC1CC(Cc2ccccc2)CCS1. The molecule has 2 rings (SSSR count). The molecule has 1 aromatic carbocycles. The fraction of sp³-hybridized carbons (Fsp3) is 0.500. The first-order chi connectivity index (χ1) is 8.24. The Kier molecular flexibility index (Phi) is 4.49. The molecule has 1 fully saturated rings. The van der Waals surface area contributed by atoms with Gasteiger partial charge >= 0.3 is 5.97 Å². The highest BCUT2D eigenvalue weighted by Crippen LogP contribution is 2.33. The van der Waals surface area contributed by atoms with Crippen molar-refractivity contribution >= 4 is 17.7 Å². The summed E-state index contributed by atoms with van der Waals surface area (Å²) in [5.41, 5.74) is 1.37. The van der Waals surface area contributed by atoms with Gasteiger partial charge in [0.1, 0.15) is 0 Å². The van der Waals surface area contributed by atoms with Crippen molar-refractivity contribution in [2.75, 3.05) is 5.75 Å². The predicted molar refractivity (Wildman–Crippen MR) is 71.4 cm³/mol. The van der Waals surface area contributed by atoms with Crippen LogP contribution in [0.4, 0.5) is 0 Å². The lowest BCUT2D eigenvalue weighted by molar-refractivity contribution is -0.137. The second kappa shape index (κ2) is 6.10. The number of hydrogen-bond acceptors (Lipinski definition) is 2. The molecule has 92 valence electrons. The minimum atomic E-state index is -0.664. The fourth-order valence-electron chi connectivity index (χ4n) is 2.43. The maximum atomic E-state index is 10.7. The van der Waals surface area contributed by atoms with E-state index in [1.54, 1.807) is 0 Å². The van der Waals surface area contributed by atoms with Crippen LogP contribution >= 0.6 is 11.8 Å². The van der Waals surface area contributed by atoms with E-state index in [1.165, 1.54) is 12.0 Å². The Morgan fingerprint density at radius 2 is 2.12 bits per heavy atom. The number of carboxylic acids is 1. The summed E-state index contributed by atoms with van der Waals surface area (Å²) in [4.78, 5) is 10.7. The lowest BCUT2D eigenvalue weighted by Crippen LogP contribution is -2.22. The summed E-state index contributed by atoms with van der Waals surface area (Å²) >= 11 is 1.83. The third-order valence-corrected chi connectivity index (χ3v) is 4.55. The molecule has 1 aliphatic rings. The van der Waals surface area contributed by atoms with Crippen LogP contribution in [0.5, 0.6) is 0 Å². The largest absolute Gasteiger partial charge is 0.481 e. The van der Waals surface area contributed by atoms with E-state index in [0.29, 0.717) is 17.6 Å². The van der Waals surface area contributed by atoms with Gasteiger partial charge in [-0.1, -0.05) is 30.3 Å². The van der Waals surface area contributed by atoms with Gasteiger partial charge in [-0.05, 0) is 36.5 Å². The van der Waals surface area contributed by atoms with E-state index in [1.807, 2.05) is 17.8 Å². The first kappa shape index (κ1) is 12.5. The lowest BCUT2D eigenvalue weighted by Gasteiger charge is -2.27. The van der Waals surface area contributed by atoms with E-state index in [-0.39, 0.29) is 0 Å². The molecule has 1 heterocycles. The number of aliphatic carboxylic acids is 1. The molecule has 2 unspecified atom stereocenters. The van der Waals surface area contributed by atoms with Gasteiger partial charge in [-0.25, -0.2) is 0 Å². The molecule has 1 aromatic rings. The van der Waals surface area contributed by atoms with Crippen LogP contribution in [0, 0.1) is 5.92 Å². The van der Waals surface area contributed by atoms with Gasteiger partial charge in [0.2, 0.25) is 0 Å². The Labute approximate surface area is 106 Å². The van der Waals surface area contributed by atoms with Gasteiger partial charge in [0.05, 0.1) is 6.42 Å². The van der Waals surface area contributed by atoms with Crippen LogP contribution in [0.1, 0.15) is 24.8 Å². The molecule has 0 saturated carbocycles. The third-order valence-electron chi connectivity index (χ3n) is 3.25. The van der Waals surface area contributed by atoms with Crippen LogP contribution in [-0.4, -0.2) is 22.1 Å². The van der Waals surface area contributed by atoms with E-state index in [4.69, 9.17) is 5.11 Å². The molecule has 0 amide bonds. The number of thioether (sulfide) groups is 1. The van der Waals surface area contributed by atoms with E-state index in [2.05, 4.69) is 24.3 Å². The average molecular weight is 250 g/mol. The molecule has 2 atom stereocenters. The summed E-state index contributed by atoms with van der Waals surface area (Å²) in [6, 6.07) is 10.5. The lowest BCUT2D eigenvalue weighted by atomic mass is 9.91. The zero-order chi connectivity index (χ0) is 12.1. The van der Waals surface area contributed by atoms with Crippen molar-refractivity contribution in [3.05, 3.63) is 35.9 Å². The monoisotopic (exact) mass is 250 g/mol. The van der Waals surface area contributed by atoms with Crippen molar-refractivity contribution in [2.24, 2.45) is 5.92 Å². The topological polar surface area (TPSA) is 37.3 Å². The standard InChI is InChI=1S/C14H18O2S/c15-14(16)10-13-9-12(6-7-17-13)8-11-4-2-1-3-5-11/h1-5,12-13H,6-10H2,(H,15,16). The highest BCUT2D eigenvalue weighted by Gasteiger charge is 2.24. The highest BCUT2D eigenvalue weighted by atomic mass is 32.2. The average Bonchev–Trinajstić information content (AvgIpc) is 2.30. The van der Waals surface area contributed by atoms with Crippen molar-refractivity contribution in [3.8, 4) is 0 Å². The quantitative estimate of drug-likeness (QED) is 0.891. The van der Waals surface area contributed by atoms with E-state index >= 15 is 0 Å². The number of hydrogen-bond donors (Lipinski definition) is 1. The molecular weight excluding hydrogens is 232 g/mol. The van der Waals surface area contributed by atoms with Gasteiger partial charge in [-0.2, -0.15) is 11.8 Å². The fourth-order valence-corrected chi connectivity index (χ4v) is 3.90. The van der Waals surface area contributed by atoms with Gasteiger partial charge < -0.3 is 5.11 Å². The van der Waals surface area contributed by atoms with Gasteiger partial charge in [0.25, 0.3) is 0 Å². The van der Waals surface area contributed by atoms with Crippen LogP contribution in [0.2, 0.25) is 0 Å². The predicted octanol–water partition coefficient (Wildman–Crippen LogP) is 3.22. The van der Waals surface area contributed by atoms with E-state index in [0.717, 1.165) is 18.6 Å². The Balaban J connectivity index is 1.87. The Hall–Kier alpha value is -0.960. The number of carboxylic acid groups (broad SMARTS) is 1. The molecule has 0 radical (unpaired) electrons. The van der Waals surface area contributed by atoms with Crippen LogP contribution in [0.15, 0.2) is 30.3 Å². The van der Waals surface area contributed by atoms with Crippen molar-refractivity contribution in [1.82, 2.24) is 0 Å². The van der Waals surface area contributed by atoms with Gasteiger partial charge in [0.15, 0.2) is 0 Å². The molecule has 0 bridgehead atoms. The first-order valence-electron chi connectivity index (χ1n) is 6.11. The molecule has 3 heteroatoms. The maximum absolute atomic E-state index is 10.7. The summed E-state index contributed by atoms with van der Waals surface area (Å²) in [5.74, 6) is 1.10. The molecule has 0 spiro atoms. The van der Waals surface area contributed by atoms with Gasteiger partial charge in [-0.15, -0.1) is 0 Å². The summed E-state index contributed by atoms with van der Waals surface area (Å²) in [6.07, 6.45) is 3.68. The molecule has 1 aliphatic heterocycles. The third kappa shape index (κ3) is 4.08. The van der Waals surface area contributed by atoms with Crippen molar-refractivity contribution < 1.29 is 9.90 Å². The summed E-state index contributed by atoms with van der Waals surface area (Å²) in [5, 5.41) is 9.14. The molecule has 1 N–H and O–H groups in total. The number of benzene rings is 1. The Morgan fingerprint density at radius 1 is 1.35 bits per heavy atom. The first-order valence-corrected chi connectivity index (χ1v) is 7.16. The van der Waals surface area contributed by atoms with Crippen molar-refractivity contribution in [1.29, 1.82) is 0 Å². The minimum Gasteiger partial charge on any atom is -0.481 e. The molecule has 0 aliphatic carbocycles. The van der Waals surface area contributed by atoms with Crippen molar-refractivity contribution in [3.63, 3.8) is 0 Å². The van der Waals surface area contributed by atoms with Crippen LogP contribution in [-0.2, 0) is 11.2 Å². The Morgan fingerprint density at radius 3 is 2.82 bits per heavy atom. The summed E-state index contributed by atoms with van der Waals surface area (Å²) in [7, 11) is 0. The zero-order valence-corrected chi connectivity index (χ0v) is 10.7. The normalized spacial score (nSPS) is 24.5. The molecule has 0 aromatic heterocycles. The molecule has 1 saturated heterocycles. The molecule has 17 heavy (non-hydrogen) atoms. The van der Waals surface area contributed by atoms with Gasteiger partial charge in [0, 0.05) is 5.25 Å². The van der Waals surface area contributed by atoms with Crippen molar-refractivity contribution in [2.45, 2.75) is 30.9 Å².